The van der Waals surface area contributed by atoms with Gasteiger partial charge in [-0.25, -0.2) is 0 Å². The summed E-state index contributed by atoms with van der Waals surface area (Å²) in [5.74, 6) is -1.28. The van der Waals surface area contributed by atoms with Crippen molar-refractivity contribution in [3.63, 3.8) is 0 Å². The van der Waals surface area contributed by atoms with Gasteiger partial charge in [-0.2, -0.15) is 0 Å². The predicted molar refractivity (Wildman–Crippen MR) is 75.0 cm³/mol. The topological polar surface area (TPSA) is 99.3 Å². The molecule has 0 saturated carbocycles. The van der Waals surface area contributed by atoms with Gasteiger partial charge in [-0.3, -0.25) is 14.4 Å². The van der Waals surface area contributed by atoms with Gasteiger partial charge in [0.1, 0.15) is 5.56 Å². The Morgan fingerprint density at radius 3 is 2.60 bits per heavy atom. The largest absolute Gasteiger partial charge is 0.481 e. The Balaban J connectivity index is 2.67. The Morgan fingerprint density at radius 2 is 2.05 bits per heavy atom. The minimum atomic E-state index is -0.852. The molecule has 1 aromatic heterocycles. The van der Waals surface area contributed by atoms with Crippen molar-refractivity contribution in [1.82, 2.24) is 10.3 Å². The van der Waals surface area contributed by atoms with Crippen molar-refractivity contribution in [2.75, 3.05) is 0 Å². The van der Waals surface area contributed by atoms with Crippen LogP contribution in [0.4, 0.5) is 0 Å². The first-order chi connectivity index (χ1) is 9.31. The molecule has 20 heavy (non-hydrogen) atoms. The molecule has 3 N–H and O–H groups in total. The van der Waals surface area contributed by atoms with Crippen LogP contribution in [0.3, 0.4) is 0 Å². The number of carboxylic acid groups (broad SMARTS) is 1. The van der Waals surface area contributed by atoms with Gasteiger partial charge in [-0.15, -0.1) is 0 Å². The number of nitrogens with one attached hydrogen (secondary N) is 2. The predicted octanol–water partition coefficient (Wildman–Crippen LogP) is 1.36. The van der Waals surface area contributed by atoms with E-state index < -0.39 is 17.4 Å². The summed E-state index contributed by atoms with van der Waals surface area (Å²) in [4.78, 5) is 36.9. The van der Waals surface area contributed by atoms with Crippen molar-refractivity contribution < 1.29 is 14.7 Å². The highest BCUT2D eigenvalue weighted by Gasteiger charge is 2.16. The van der Waals surface area contributed by atoms with Gasteiger partial charge in [0.05, 0.1) is 0 Å². The number of hydrogen-bond donors (Lipinski definition) is 3. The van der Waals surface area contributed by atoms with Crippen LogP contribution in [0.25, 0.3) is 0 Å². The van der Waals surface area contributed by atoms with Gasteiger partial charge in [0.2, 0.25) is 0 Å². The van der Waals surface area contributed by atoms with Crippen molar-refractivity contribution >= 4 is 11.9 Å². The first kappa shape index (κ1) is 15.9. The van der Waals surface area contributed by atoms with Gasteiger partial charge in [0.15, 0.2) is 0 Å². The third-order valence-corrected chi connectivity index (χ3v) is 3.00. The van der Waals surface area contributed by atoms with E-state index in [1.165, 1.54) is 0 Å². The number of aromatic nitrogens is 1. The Hall–Kier alpha value is -2.11. The van der Waals surface area contributed by atoms with Crippen LogP contribution in [0, 0.1) is 13.8 Å². The molecular formula is C14H20N2O4. The summed E-state index contributed by atoms with van der Waals surface area (Å²) in [5.41, 5.74) is 1.04. The summed E-state index contributed by atoms with van der Waals surface area (Å²) in [7, 11) is 0. The lowest BCUT2D eigenvalue weighted by Crippen LogP contribution is -2.36. The molecule has 1 rings (SSSR count). The second-order valence-corrected chi connectivity index (χ2v) is 5.00. The number of pyridine rings is 1. The number of hydrogen-bond acceptors (Lipinski definition) is 3. The summed E-state index contributed by atoms with van der Waals surface area (Å²) < 4.78 is 0. The first-order valence-corrected chi connectivity index (χ1v) is 6.54. The van der Waals surface area contributed by atoms with Gasteiger partial charge in [-0.05, 0) is 45.2 Å². The Labute approximate surface area is 117 Å². The van der Waals surface area contributed by atoms with Crippen molar-refractivity contribution in [2.45, 2.75) is 46.1 Å². The first-order valence-electron chi connectivity index (χ1n) is 6.54. The molecule has 0 radical (unpaired) electrons. The van der Waals surface area contributed by atoms with Crippen LogP contribution in [-0.4, -0.2) is 28.0 Å². The summed E-state index contributed by atoms with van der Waals surface area (Å²) in [6, 6.07) is 1.56. The van der Waals surface area contributed by atoms with Gasteiger partial charge >= 0.3 is 5.97 Å². The van der Waals surface area contributed by atoms with Gasteiger partial charge in [0.25, 0.3) is 11.5 Å². The fourth-order valence-corrected chi connectivity index (χ4v) is 2.06. The average Bonchev–Trinajstić information content (AvgIpc) is 2.26. The molecule has 1 aromatic rings. The number of aryl methyl sites for hydroxylation is 2. The lowest BCUT2D eigenvalue weighted by atomic mass is 10.1. The highest BCUT2D eigenvalue weighted by molar-refractivity contribution is 5.95. The van der Waals surface area contributed by atoms with E-state index in [4.69, 9.17) is 5.11 Å². The molecule has 0 aliphatic carbocycles. The van der Waals surface area contributed by atoms with Crippen molar-refractivity contribution in [2.24, 2.45) is 0 Å². The highest BCUT2D eigenvalue weighted by atomic mass is 16.4. The summed E-state index contributed by atoms with van der Waals surface area (Å²) >= 11 is 0. The number of carboxylic acids is 1. The SMILES string of the molecule is Cc1cc(C)c(C(=O)NC(C)CCCC(=O)O)c(=O)[nH]1. The number of aromatic amines is 1. The third-order valence-electron chi connectivity index (χ3n) is 3.00. The molecule has 6 heteroatoms. The standard InChI is InChI=1S/C14H20N2O4/c1-8-7-10(3)16-14(20)12(8)13(19)15-9(2)5-4-6-11(17)18/h7,9H,4-6H2,1-3H3,(H,15,19)(H,16,20)(H,17,18). The van der Waals surface area contributed by atoms with E-state index in [0.717, 1.165) is 0 Å². The third kappa shape index (κ3) is 4.53. The van der Waals surface area contributed by atoms with E-state index in [2.05, 4.69) is 10.3 Å². The van der Waals surface area contributed by atoms with E-state index in [0.29, 0.717) is 24.1 Å². The molecule has 0 aliphatic rings. The monoisotopic (exact) mass is 280 g/mol. The molecule has 1 amide bonds. The van der Waals surface area contributed by atoms with E-state index in [1.54, 1.807) is 26.8 Å². The molecule has 0 aromatic carbocycles. The van der Waals surface area contributed by atoms with E-state index in [1.807, 2.05) is 0 Å². The number of aliphatic carboxylic acids is 1. The smallest absolute Gasteiger partial charge is 0.303 e. The normalized spacial score (nSPS) is 11.9. The molecule has 0 bridgehead atoms. The number of amides is 1. The zero-order valence-corrected chi connectivity index (χ0v) is 11.9. The van der Waals surface area contributed by atoms with Crippen molar-refractivity contribution in [3.8, 4) is 0 Å². The molecule has 0 spiro atoms. The Morgan fingerprint density at radius 1 is 1.40 bits per heavy atom. The maximum atomic E-state index is 12.1. The fourth-order valence-electron chi connectivity index (χ4n) is 2.06. The molecule has 6 nitrogen and oxygen atoms in total. The number of rotatable bonds is 6. The zero-order valence-electron chi connectivity index (χ0n) is 11.9. The van der Waals surface area contributed by atoms with E-state index in [9.17, 15) is 14.4 Å². The number of carbonyl (C=O) groups excluding carboxylic acids is 1. The molecule has 1 atom stereocenters. The molecule has 1 unspecified atom stereocenters. The molecule has 0 fully saturated rings. The Bertz CT molecular complexity index is 563. The van der Waals surface area contributed by atoms with Crippen LogP contribution in [0.1, 0.15) is 47.8 Å². The summed E-state index contributed by atoms with van der Waals surface area (Å²) in [5, 5.41) is 11.3. The minimum absolute atomic E-state index is 0.0738. The van der Waals surface area contributed by atoms with Crippen LogP contribution in [0.15, 0.2) is 10.9 Å². The quantitative estimate of drug-likeness (QED) is 0.732. The maximum Gasteiger partial charge on any atom is 0.303 e. The zero-order chi connectivity index (χ0) is 15.3. The highest BCUT2D eigenvalue weighted by Crippen LogP contribution is 2.06. The van der Waals surface area contributed by atoms with Crippen molar-refractivity contribution in [3.05, 3.63) is 33.2 Å². The number of H-pyrrole nitrogens is 1. The van der Waals surface area contributed by atoms with E-state index >= 15 is 0 Å². The van der Waals surface area contributed by atoms with Gasteiger partial charge < -0.3 is 15.4 Å². The Kier molecular flexibility index (Phi) is 5.49. The molecule has 0 aliphatic heterocycles. The average molecular weight is 280 g/mol. The summed E-state index contributed by atoms with van der Waals surface area (Å²) in [6.45, 7) is 5.26. The molecule has 110 valence electrons. The number of carbonyl (C=O) groups is 2. The van der Waals surface area contributed by atoms with Crippen LogP contribution in [-0.2, 0) is 4.79 Å². The van der Waals surface area contributed by atoms with Crippen LogP contribution < -0.4 is 10.9 Å². The second-order valence-electron chi connectivity index (χ2n) is 5.00. The van der Waals surface area contributed by atoms with Crippen LogP contribution >= 0.6 is 0 Å². The molecule has 1 heterocycles. The second kappa shape index (κ2) is 6.88. The van der Waals surface area contributed by atoms with Crippen LogP contribution in [0.5, 0.6) is 0 Å². The minimum Gasteiger partial charge on any atom is -0.481 e. The molecular weight excluding hydrogens is 260 g/mol. The van der Waals surface area contributed by atoms with Crippen LogP contribution in [0.2, 0.25) is 0 Å². The van der Waals surface area contributed by atoms with Crippen molar-refractivity contribution in [1.29, 1.82) is 0 Å². The lowest BCUT2D eigenvalue weighted by molar-refractivity contribution is -0.137. The summed E-state index contributed by atoms with van der Waals surface area (Å²) in [6.07, 6.45) is 1.12. The fraction of sp³-hybridized carbons (Fsp3) is 0.500. The maximum absolute atomic E-state index is 12.1. The van der Waals surface area contributed by atoms with E-state index in [-0.39, 0.29) is 18.0 Å². The molecule has 0 saturated heterocycles. The van der Waals surface area contributed by atoms with Gasteiger partial charge in [0, 0.05) is 18.2 Å². The lowest BCUT2D eigenvalue weighted by Gasteiger charge is -2.14. The van der Waals surface area contributed by atoms with Gasteiger partial charge in [-0.1, -0.05) is 0 Å².